The zero-order valence-corrected chi connectivity index (χ0v) is 12.5. The van der Waals surface area contributed by atoms with Gasteiger partial charge in [0.15, 0.2) is 0 Å². The highest BCUT2D eigenvalue weighted by Gasteiger charge is 2.09. The Bertz CT molecular complexity index is 575. The third kappa shape index (κ3) is 4.75. The van der Waals surface area contributed by atoms with Gasteiger partial charge in [0.05, 0.1) is 5.75 Å². The Balaban J connectivity index is 1.81. The van der Waals surface area contributed by atoms with Crippen LogP contribution in [-0.4, -0.2) is 50.6 Å². The average Bonchev–Trinajstić information content (AvgIpc) is 2.93. The Kier molecular flexibility index (Phi) is 5.56. The van der Waals surface area contributed by atoms with Gasteiger partial charge in [0.2, 0.25) is 5.16 Å². The van der Waals surface area contributed by atoms with Gasteiger partial charge in [-0.3, -0.25) is 4.79 Å². The van der Waals surface area contributed by atoms with Crippen LogP contribution in [0.2, 0.25) is 0 Å². The van der Waals surface area contributed by atoms with Gasteiger partial charge in [-0.05, 0) is 29.0 Å². The number of aryl methyl sites for hydroxylation is 1. The van der Waals surface area contributed by atoms with Crippen molar-refractivity contribution in [2.75, 3.05) is 24.2 Å². The summed E-state index contributed by atoms with van der Waals surface area (Å²) < 4.78 is 1.65. The van der Waals surface area contributed by atoms with Gasteiger partial charge in [0.25, 0.3) is 0 Å². The maximum absolute atomic E-state index is 10.6. The molecule has 7 nitrogen and oxygen atoms in total. The lowest BCUT2D eigenvalue weighted by Crippen LogP contribution is -2.20. The van der Waals surface area contributed by atoms with Crippen LogP contribution in [0, 0.1) is 0 Å². The van der Waals surface area contributed by atoms with E-state index in [0.29, 0.717) is 11.7 Å². The number of rotatable bonds is 8. The predicted octanol–water partition coefficient (Wildman–Crippen LogP) is 1.38. The number of carboxylic acids is 1. The number of carbonyl (C=O) groups is 1. The first kappa shape index (κ1) is 15.3. The van der Waals surface area contributed by atoms with E-state index in [1.165, 1.54) is 0 Å². The largest absolute Gasteiger partial charge is 0.481 e. The minimum atomic E-state index is -0.877. The molecule has 0 saturated heterocycles. The number of tetrazole rings is 1. The van der Waals surface area contributed by atoms with E-state index in [0.717, 1.165) is 30.4 Å². The van der Waals surface area contributed by atoms with Gasteiger partial charge in [-0.25, -0.2) is 4.68 Å². The molecule has 0 aliphatic carbocycles. The van der Waals surface area contributed by atoms with Crippen molar-refractivity contribution in [1.29, 1.82) is 0 Å². The molecule has 0 unspecified atom stereocenters. The van der Waals surface area contributed by atoms with Crippen molar-refractivity contribution in [2.45, 2.75) is 18.1 Å². The van der Waals surface area contributed by atoms with Crippen LogP contribution in [0.5, 0.6) is 0 Å². The van der Waals surface area contributed by atoms with E-state index in [2.05, 4.69) is 32.6 Å². The fourth-order valence-corrected chi connectivity index (χ4v) is 2.46. The van der Waals surface area contributed by atoms with E-state index >= 15 is 0 Å². The van der Waals surface area contributed by atoms with Crippen LogP contribution in [0.15, 0.2) is 35.5 Å². The number of aromatic nitrogens is 4. The fourth-order valence-electron chi connectivity index (χ4n) is 1.84. The molecular formula is C13H17N5O2S. The van der Waals surface area contributed by atoms with E-state index in [-0.39, 0.29) is 5.75 Å². The fraction of sp³-hybridized carbons (Fsp3) is 0.385. The van der Waals surface area contributed by atoms with Gasteiger partial charge in [-0.15, -0.1) is 5.10 Å². The molecule has 8 heteroatoms. The van der Waals surface area contributed by atoms with Crippen LogP contribution < -0.4 is 4.90 Å². The second-order valence-electron chi connectivity index (χ2n) is 4.48. The summed E-state index contributed by atoms with van der Waals surface area (Å²) in [7, 11) is 2.04. The van der Waals surface area contributed by atoms with Crippen molar-refractivity contribution in [2.24, 2.45) is 0 Å². The highest BCUT2D eigenvalue weighted by Crippen LogP contribution is 2.14. The monoisotopic (exact) mass is 307 g/mol. The van der Waals surface area contributed by atoms with E-state index in [4.69, 9.17) is 5.11 Å². The number of nitrogens with zero attached hydrogens (tertiary/aromatic N) is 5. The Labute approximate surface area is 127 Å². The molecule has 1 aromatic carbocycles. The van der Waals surface area contributed by atoms with Crippen molar-refractivity contribution in [1.82, 2.24) is 20.2 Å². The van der Waals surface area contributed by atoms with Crippen LogP contribution in [-0.2, 0) is 11.3 Å². The molecule has 0 radical (unpaired) electrons. The average molecular weight is 307 g/mol. The van der Waals surface area contributed by atoms with E-state index in [9.17, 15) is 4.79 Å². The molecule has 1 aromatic heterocycles. The molecule has 21 heavy (non-hydrogen) atoms. The zero-order valence-electron chi connectivity index (χ0n) is 11.7. The number of hydrogen-bond donors (Lipinski definition) is 1. The molecular weight excluding hydrogens is 290 g/mol. The van der Waals surface area contributed by atoms with Crippen molar-refractivity contribution < 1.29 is 9.90 Å². The van der Waals surface area contributed by atoms with E-state index in [1.807, 2.05) is 25.2 Å². The summed E-state index contributed by atoms with van der Waals surface area (Å²) >= 11 is 1.13. The first-order chi connectivity index (χ1) is 10.2. The minimum Gasteiger partial charge on any atom is -0.481 e. The summed E-state index contributed by atoms with van der Waals surface area (Å²) in [6.07, 6.45) is 0.872. The minimum absolute atomic E-state index is 0.0374. The summed E-state index contributed by atoms with van der Waals surface area (Å²) in [6.45, 7) is 1.53. The number of hydrogen-bond acceptors (Lipinski definition) is 6. The quantitative estimate of drug-likeness (QED) is 0.737. The van der Waals surface area contributed by atoms with Crippen LogP contribution in [0.4, 0.5) is 5.69 Å². The molecule has 0 amide bonds. The SMILES string of the molecule is CN(CCCn1nnnc1SCC(=O)O)c1ccccc1. The molecule has 1 heterocycles. The molecule has 0 fully saturated rings. The number of carboxylic acid groups (broad SMARTS) is 1. The molecule has 0 spiro atoms. The molecule has 0 aliphatic rings. The first-order valence-electron chi connectivity index (χ1n) is 6.54. The van der Waals surface area contributed by atoms with E-state index in [1.54, 1.807) is 4.68 Å². The second kappa shape index (κ2) is 7.63. The molecule has 0 saturated carbocycles. The third-order valence-electron chi connectivity index (χ3n) is 2.88. The van der Waals surface area contributed by atoms with Gasteiger partial charge in [0.1, 0.15) is 0 Å². The molecule has 0 atom stereocenters. The van der Waals surface area contributed by atoms with Gasteiger partial charge in [-0.2, -0.15) is 0 Å². The molecule has 0 aliphatic heterocycles. The van der Waals surface area contributed by atoms with Gasteiger partial charge >= 0.3 is 5.97 Å². The summed E-state index contributed by atoms with van der Waals surface area (Å²) in [6, 6.07) is 10.1. The highest BCUT2D eigenvalue weighted by atomic mass is 32.2. The highest BCUT2D eigenvalue weighted by molar-refractivity contribution is 7.99. The van der Waals surface area contributed by atoms with Gasteiger partial charge in [0, 0.05) is 25.8 Å². The number of thioether (sulfide) groups is 1. The van der Waals surface area contributed by atoms with Crippen LogP contribution in [0.1, 0.15) is 6.42 Å². The van der Waals surface area contributed by atoms with Crippen LogP contribution >= 0.6 is 11.8 Å². The van der Waals surface area contributed by atoms with Gasteiger partial charge in [-0.1, -0.05) is 30.0 Å². The van der Waals surface area contributed by atoms with Crippen molar-refractivity contribution in [3.05, 3.63) is 30.3 Å². The smallest absolute Gasteiger partial charge is 0.313 e. The summed E-state index contributed by atoms with van der Waals surface area (Å²) in [5.74, 6) is -0.914. The Morgan fingerprint density at radius 3 is 2.86 bits per heavy atom. The van der Waals surface area contributed by atoms with Crippen molar-refractivity contribution >= 4 is 23.4 Å². The van der Waals surface area contributed by atoms with Crippen molar-refractivity contribution in [3.8, 4) is 0 Å². The summed E-state index contributed by atoms with van der Waals surface area (Å²) in [5.41, 5.74) is 1.16. The number of para-hydroxylation sites is 1. The van der Waals surface area contributed by atoms with Gasteiger partial charge < -0.3 is 10.0 Å². The predicted molar refractivity (Wildman–Crippen MR) is 80.5 cm³/mol. The number of aliphatic carboxylic acids is 1. The normalized spacial score (nSPS) is 10.5. The first-order valence-corrected chi connectivity index (χ1v) is 7.52. The topological polar surface area (TPSA) is 84.1 Å². The summed E-state index contributed by atoms with van der Waals surface area (Å²) in [4.78, 5) is 12.7. The molecule has 2 aromatic rings. The maximum atomic E-state index is 10.6. The maximum Gasteiger partial charge on any atom is 0.313 e. The second-order valence-corrected chi connectivity index (χ2v) is 5.42. The lowest BCUT2D eigenvalue weighted by atomic mass is 10.3. The number of anilines is 1. The lowest BCUT2D eigenvalue weighted by Gasteiger charge is -2.18. The molecule has 2 rings (SSSR count). The zero-order chi connectivity index (χ0) is 15.1. The van der Waals surface area contributed by atoms with Crippen LogP contribution in [0.3, 0.4) is 0 Å². The Morgan fingerprint density at radius 2 is 2.14 bits per heavy atom. The Morgan fingerprint density at radius 1 is 1.38 bits per heavy atom. The molecule has 0 bridgehead atoms. The van der Waals surface area contributed by atoms with Crippen LogP contribution in [0.25, 0.3) is 0 Å². The molecule has 112 valence electrons. The van der Waals surface area contributed by atoms with Crippen molar-refractivity contribution in [3.63, 3.8) is 0 Å². The molecule has 1 N–H and O–H groups in total. The van der Waals surface area contributed by atoms with E-state index < -0.39 is 5.97 Å². The third-order valence-corrected chi connectivity index (χ3v) is 3.83. The summed E-state index contributed by atoms with van der Waals surface area (Å²) in [5, 5.41) is 20.5. The lowest BCUT2D eigenvalue weighted by molar-refractivity contribution is -0.133. The number of benzene rings is 1. The Hall–Kier alpha value is -2.09. The standard InChI is InChI=1S/C13H17N5O2S/c1-17(11-6-3-2-4-7-11)8-5-9-18-13(14-15-16-18)21-10-12(19)20/h2-4,6-7H,5,8-10H2,1H3,(H,19,20).